The molecule has 1 atom stereocenters. The molecule has 0 aromatic heterocycles. The quantitative estimate of drug-likeness (QED) is 0.384. The summed E-state index contributed by atoms with van der Waals surface area (Å²) in [6.45, 7) is 7.10. The van der Waals surface area contributed by atoms with Crippen molar-refractivity contribution < 1.29 is 19.4 Å². The van der Waals surface area contributed by atoms with Crippen molar-refractivity contribution in [1.82, 2.24) is 10.2 Å². The van der Waals surface area contributed by atoms with Crippen LogP contribution in [0.3, 0.4) is 0 Å². The number of benzene rings is 2. The molecule has 0 bridgehead atoms. The number of carboxylic acids is 1. The minimum absolute atomic E-state index is 0.0866. The van der Waals surface area contributed by atoms with Gasteiger partial charge < -0.3 is 20.1 Å². The first-order valence-electron chi connectivity index (χ1n) is 12.0. The largest absolute Gasteiger partial charge is 0.488 e. The second-order valence-electron chi connectivity index (χ2n) is 8.85. The van der Waals surface area contributed by atoms with Gasteiger partial charge in [-0.2, -0.15) is 0 Å². The molecule has 1 fully saturated rings. The molecule has 178 valence electrons. The van der Waals surface area contributed by atoms with Gasteiger partial charge in [-0.25, -0.2) is 0 Å². The molecular weight excluding hydrogens is 416 g/mol. The molecule has 1 aliphatic rings. The summed E-state index contributed by atoms with van der Waals surface area (Å²) in [6.07, 6.45) is 5.76. The summed E-state index contributed by atoms with van der Waals surface area (Å²) >= 11 is 0. The highest BCUT2D eigenvalue weighted by atomic mass is 16.5. The van der Waals surface area contributed by atoms with E-state index in [-0.39, 0.29) is 24.5 Å². The predicted octanol–water partition coefficient (Wildman–Crippen LogP) is 4.64. The molecule has 6 heteroatoms. The molecule has 3 rings (SSSR count). The fourth-order valence-electron chi connectivity index (χ4n) is 4.19. The van der Waals surface area contributed by atoms with Crippen LogP contribution in [-0.4, -0.2) is 54.2 Å². The number of piperidine rings is 1. The third-order valence-corrected chi connectivity index (χ3v) is 6.45. The maximum Gasteiger partial charge on any atom is 0.306 e. The van der Waals surface area contributed by atoms with Crippen LogP contribution in [-0.2, 0) is 9.59 Å². The predicted molar refractivity (Wildman–Crippen MR) is 131 cm³/mol. The Labute approximate surface area is 196 Å². The van der Waals surface area contributed by atoms with Crippen molar-refractivity contribution in [1.29, 1.82) is 0 Å². The molecule has 1 amide bonds. The molecular formula is C27H36N2O4. The van der Waals surface area contributed by atoms with Crippen molar-refractivity contribution in [2.45, 2.75) is 52.0 Å². The summed E-state index contributed by atoms with van der Waals surface area (Å²) in [5, 5.41) is 14.4. The lowest BCUT2D eigenvalue weighted by molar-refractivity contribution is -0.141. The maximum atomic E-state index is 13.1. The number of unbranched alkanes of at least 4 members (excludes halogenated alkanes) is 1. The van der Waals surface area contributed by atoms with Crippen LogP contribution in [0.5, 0.6) is 5.75 Å². The van der Waals surface area contributed by atoms with Gasteiger partial charge >= 0.3 is 5.97 Å². The molecule has 1 saturated heterocycles. The number of carbonyl (C=O) groups excluding carboxylic acids is 1. The van der Waals surface area contributed by atoms with Crippen molar-refractivity contribution in [2.75, 3.05) is 26.2 Å². The molecule has 2 aromatic rings. The van der Waals surface area contributed by atoms with Gasteiger partial charge in [0.05, 0.1) is 11.5 Å². The Kier molecular flexibility index (Phi) is 9.31. The van der Waals surface area contributed by atoms with Crippen LogP contribution in [0.15, 0.2) is 54.1 Å². The minimum atomic E-state index is -0.783. The SMILES string of the molecule is CCN1CCC(NC(=O)C(=CCCCC(C)C(=O)O)COc2cccc3ccccc23)CC1. The number of fused-ring (bicyclic) bond motifs is 1. The third kappa shape index (κ3) is 7.32. The van der Waals surface area contributed by atoms with Crippen LogP contribution in [0.4, 0.5) is 0 Å². The third-order valence-electron chi connectivity index (χ3n) is 6.45. The molecule has 0 radical (unpaired) electrons. The van der Waals surface area contributed by atoms with E-state index in [1.807, 2.05) is 48.5 Å². The Morgan fingerprint density at radius 2 is 1.91 bits per heavy atom. The first-order valence-corrected chi connectivity index (χ1v) is 12.0. The number of ether oxygens (including phenoxy) is 1. The number of aliphatic carboxylic acids is 1. The van der Waals surface area contributed by atoms with Gasteiger partial charge in [-0.05, 0) is 50.1 Å². The number of allylic oxidation sites excluding steroid dienone is 1. The standard InChI is InChI=1S/C27H36N2O4/c1-3-29-17-15-23(16-18-29)28-26(30)22(11-5-4-9-20(2)27(31)32)19-33-25-14-8-12-21-10-6-7-13-24(21)25/h6-8,10-14,20,23H,3-5,9,15-19H2,1-2H3,(H,28,30)(H,31,32). The van der Waals surface area contributed by atoms with E-state index in [2.05, 4.69) is 17.1 Å². The lowest BCUT2D eigenvalue weighted by atomic mass is 10.0. The Balaban J connectivity index is 1.65. The van der Waals surface area contributed by atoms with Crippen molar-refractivity contribution in [3.05, 3.63) is 54.1 Å². The second-order valence-corrected chi connectivity index (χ2v) is 8.85. The topological polar surface area (TPSA) is 78.9 Å². The van der Waals surface area contributed by atoms with Crippen molar-refractivity contribution >= 4 is 22.6 Å². The average Bonchev–Trinajstić information content (AvgIpc) is 2.83. The number of rotatable bonds is 11. The summed E-state index contributed by atoms with van der Waals surface area (Å²) < 4.78 is 6.11. The number of likely N-dealkylation sites (tertiary alicyclic amines) is 1. The molecule has 6 nitrogen and oxygen atoms in total. The number of carbonyl (C=O) groups is 2. The monoisotopic (exact) mass is 452 g/mol. The fourth-order valence-corrected chi connectivity index (χ4v) is 4.19. The van der Waals surface area contributed by atoms with Gasteiger partial charge in [0.2, 0.25) is 0 Å². The summed E-state index contributed by atoms with van der Waals surface area (Å²) in [7, 11) is 0. The van der Waals surface area contributed by atoms with Crippen LogP contribution >= 0.6 is 0 Å². The summed E-state index contributed by atoms with van der Waals surface area (Å²) in [5.74, 6) is -0.500. The van der Waals surface area contributed by atoms with Gasteiger partial charge in [0.15, 0.2) is 0 Å². The van der Waals surface area contributed by atoms with E-state index in [0.717, 1.165) is 49.0 Å². The zero-order chi connectivity index (χ0) is 23.6. The Morgan fingerprint density at radius 1 is 1.18 bits per heavy atom. The van der Waals surface area contributed by atoms with Crippen molar-refractivity contribution in [3.8, 4) is 5.75 Å². The average molecular weight is 453 g/mol. The van der Waals surface area contributed by atoms with Crippen LogP contribution in [0.25, 0.3) is 10.8 Å². The molecule has 2 aromatic carbocycles. The molecule has 0 spiro atoms. The van der Waals surface area contributed by atoms with E-state index in [0.29, 0.717) is 24.8 Å². The maximum absolute atomic E-state index is 13.1. The molecule has 1 unspecified atom stereocenters. The van der Waals surface area contributed by atoms with Crippen LogP contribution in [0.1, 0.15) is 46.0 Å². The van der Waals surface area contributed by atoms with E-state index in [1.165, 1.54) is 0 Å². The highest BCUT2D eigenvalue weighted by molar-refractivity contribution is 5.94. The highest BCUT2D eigenvalue weighted by Crippen LogP contribution is 2.25. The lowest BCUT2D eigenvalue weighted by Gasteiger charge is -2.31. The Bertz CT molecular complexity index is 958. The minimum Gasteiger partial charge on any atom is -0.488 e. The van der Waals surface area contributed by atoms with Crippen LogP contribution in [0, 0.1) is 5.92 Å². The van der Waals surface area contributed by atoms with Crippen LogP contribution in [0.2, 0.25) is 0 Å². The lowest BCUT2D eigenvalue weighted by Crippen LogP contribution is -2.45. The van der Waals surface area contributed by atoms with E-state index in [4.69, 9.17) is 9.84 Å². The smallest absolute Gasteiger partial charge is 0.306 e. The normalized spacial score (nSPS) is 16.5. The molecule has 1 heterocycles. The van der Waals surface area contributed by atoms with E-state index >= 15 is 0 Å². The molecule has 1 aliphatic heterocycles. The number of nitrogens with one attached hydrogen (secondary N) is 1. The molecule has 2 N–H and O–H groups in total. The van der Waals surface area contributed by atoms with Gasteiger partial charge in [-0.3, -0.25) is 9.59 Å². The zero-order valence-electron chi connectivity index (χ0n) is 19.8. The number of amides is 1. The van der Waals surface area contributed by atoms with Crippen molar-refractivity contribution in [3.63, 3.8) is 0 Å². The first kappa shape index (κ1) is 24.8. The van der Waals surface area contributed by atoms with Gasteiger partial charge in [-0.1, -0.05) is 56.3 Å². The number of nitrogens with zero attached hydrogens (tertiary/aromatic N) is 1. The number of hydrogen-bond donors (Lipinski definition) is 2. The van der Waals surface area contributed by atoms with Gasteiger partial charge in [-0.15, -0.1) is 0 Å². The van der Waals surface area contributed by atoms with E-state index in [1.54, 1.807) is 6.92 Å². The second kappa shape index (κ2) is 12.4. The molecule has 0 saturated carbocycles. The Hall–Kier alpha value is -2.86. The first-order chi connectivity index (χ1) is 16.0. The fraction of sp³-hybridized carbons (Fsp3) is 0.481. The molecule has 0 aliphatic carbocycles. The summed E-state index contributed by atoms with van der Waals surface area (Å²) in [5.41, 5.74) is 0.601. The zero-order valence-corrected chi connectivity index (χ0v) is 19.8. The van der Waals surface area contributed by atoms with E-state index in [9.17, 15) is 9.59 Å². The van der Waals surface area contributed by atoms with Crippen LogP contribution < -0.4 is 10.1 Å². The van der Waals surface area contributed by atoms with Gasteiger partial charge in [0, 0.05) is 24.5 Å². The summed E-state index contributed by atoms with van der Waals surface area (Å²) in [6, 6.07) is 14.1. The number of hydrogen-bond acceptors (Lipinski definition) is 4. The van der Waals surface area contributed by atoms with E-state index < -0.39 is 5.97 Å². The van der Waals surface area contributed by atoms with Gasteiger partial charge in [0.25, 0.3) is 5.91 Å². The molecule has 33 heavy (non-hydrogen) atoms. The number of carboxylic acid groups (broad SMARTS) is 1. The van der Waals surface area contributed by atoms with Crippen molar-refractivity contribution in [2.24, 2.45) is 5.92 Å². The Morgan fingerprint density at radius 3 is 2.64 bits per heavy atom. The summed E-state index contributed by atoms with van der Waals surface area (Å²) in [4.78, 5) is 26.6. The van der Waals surface area contributed by atoms with Gasteiger partial charge in [0.1, 0.15) is 12.4 Å². The highest BCUT2D eigenvalue weighted by Gasteiger charge is 2.21.